The van der Waals surface area contributed by atoms with E-state index in [-0.39, 0.29) is 5.91 Å². The molecule has 0 spiro atoms. The lowest BCUT2D eigenvalue weighted by Crippen LogP contribution is -2.36. The number of nitrogens with two attached hydrogens (primary N) is 1. The molecule has 4 nitrogen and oxygen atoms in total. The van der Waals surface area contributed by atoms with Crippen molar-refractivity contribution in [3.8, 4) is 0 Å². The van der Waals surface area contributed by atoms with E-state index in [4.69, 9.17) is 5.73 Å². The van der Waals surface area contributed by atoms with Crippen LogP contribution in [0, 0.1) is 6.92 Å². The summed E-state index contributed by atoms with van der Waals surface area (Å²) < 4.78 is 0. The lowest BCUT2D eigenvalue weighted by atomic mass is 10.1. The van der Waals surface area contributed by atoms with E-state index in [1.807, 2.05) is 30.0 Å². The predicted molar refractivity (Wildman–Crippen MR) is 102 cm³/mol. The molecule has 1 saturated heterocycles. The topological polar surface area (TPSA) is 49.6 Å². The van der Waals surface area contributed by atoms with Gasteiger partial charge < -0.3 is 10.6 Å². The molecule has 2 N–H and O–H groups in total. The van der Waals surface area contributed by atoms with Gasteiger partial charge in [0, 0.05) is 43.5 Å². The van der Waals surface area contributed by atoms with E-state index in [1.165, 1.54) is 5.56 Å². The van der Waals surface area contributed by atoms with Gasteiger partial charge in [0.2, 0.25) is 0 Å². The van der Waals surface area contributed by atoms with Gasteiger partial charge in [-0.15, -0.1) is 0 Å². The Bertz CT molecular complexity index is 729. The average Bonchev–Trinajstić information content (AvgIpc) is 2.80. The van der Waals surface area contributed by atoms with Gasteiger partial charge in [-0.25, -0.2) is 0 Å². The molecule has 2 aromatic rings. The maximum absolute atomic E-state index is 12.9. The summed E-state index contributed by atoms with van der Waals surface area (Å²) in [5.74, 6) is 0.0959. The number of anilines is 1. The minimum atomic E-state index is 0.0959. The molecular formula is C21H27N3O. The van der Waals surface area contributed by atoms with Crippen LogP contribution < -0.4 is 5.73 Å². The Kier molecular flexibility index (Phi) is 5.39. The van der Waals surface area contributed by atoms with Gasteiger partial charge in [-0.2, -0.15) is 0 Å². The maximum Gasteiger partial charge on any atom is 0.254 e. The quantitative estimate of drug-likeness (QED) is 0.874. The van der Waals surface area contributed by atoms with Crippen molar-refractivity contribution < 1.29 is 4.79 Å². The van der Waals surface area contributed by atoms with Crippen LogP contribution in [0.15, 0.2) is 48.5 Å². The second-order valence-electron chi connectivity index (χ2n) is 6.96. The molecule has 25 heavy (non-hydrogen) atoms. The fraction of sp³-hybridized carbons (Fsp3) is 0.381. The number of benzene rings is 2. The Balaban J connectivity index is 1.70. The van der Waals surface area contributed by atoms with Gasteiger partial charge in [0.1, 0.15) is 0 Å². The van der Waals surface area contributed by atoms with Crippen molar-refractivity contribution in [2.75, 3.05) is 25.4 Å². The molecule has 0 radical (unpaired) electrons. The molecule has 1 heterocycles. The van der Waals surface area contributed by atoms with Crippen LogP contribution in [0.25, 0.3) is 0 Å². The molecular weight excluding hydrogens is 310 g/mol. The number of hydrogen-bond donors (Lipinski definition) is 1. The Morgan fingerprint density at radius 1 is 1.12 bits per heavy atom. The summed E-state index contributed by atoms with van der Waals surface area (Å²) in [7, 11) is 0. The highest BCUT2D eigenvalue weighted by atomic mass is 16.2. The molecule has 0 aliphatic carbocycles. The second kappa shape index (κ2) is 7.70. The molecule has 1 aliphatic heterocycles. The van der Waals surface area contributed by atoms with E-state index >= 15 is 0 Å². The monoisotopic (exact) mass is 337 g/mol. The molecule has 2 aromatic carbocycles. The summed E-state index contributed by atoms with van der Waals surface area (Å²) in [6.07, 6.45) is 0.986. The first-order valence-corrected chi connectivity index (χ1v) is 8.98. The SMILES string of the molecule is Cc1ccc(N)cc1C(=O)N1CCC(C)N(Cc2ccccc2)CC1. The first-order valence-electron chi connectivity index (χ1n) is 8.98. The first-order chi connectivity index (χ1) is 12.0. The van der Waals surface area contributed by atoms with Gasteiger partial charge in [0.05, 0.1) is 0 Å². The van der Waals surface area contributed by atoms with Gasteiger partial charge in [-0.3, -0.25) is 9.69 Å². The fourth-order valence-electron chi connectivity index (χ4n) is 3.40. The number of carbonyl (C=O) groups is 1. The Morgan fingerprint density at radius 3 is 2.64 bits per heavy atom. The minimum Gasteiger partial charge on any atom is -0.399 e. The number of hydrogen-bond acceptors (Lipinski definition) is 3. The minimum absolute atomic E-state index is 0.0959. The molecule has 0 saturated carbocycles. The van der Waals surface area contributed by atoms with E-state index in [0.717, 1.165) is 43.7 Å². The van der Waals surface area contributed by atoms with Crippen LogP contribution in [0.4, 0.5) is 5.69 Å². The van der Waals surface area contributed by atoms with Gasteiger partial charge in [-0.1, -0.05) is 36.4 Å². The van der Waals surface area contributed by atoms with Crippen molar-refractivity contribution in [1.29, 1.82) is 0 Å². The normalized spacial score (nSPS) is 18.8. The average molecular weight is 337 g/mol. The van der Waals surface area contributed by atoms with Crippen molar-refractivity contribution in [2.24, 2.45) is 0 Å². The lowest BCUT2D eigenvalue weighted by molar-refractivity contribution is 0.0760. The van der Waals surface area contributed by atoms with Crippen molar-refractivity contribution in [2.45, 2.75) is 32.9 Å². The van der Waals surface area contributed by atoms with Crippen molar-refractivity contribution in [3.63, 3.8) is 0 Å². The third-order valence-corrected chi connectivity index (χ3v) is 5.11. The molecule has 0 aromatic heterocycles. The van der Waals surface area contributed by atoms with Crippen LogP contribution in [-0.4, -0.2) is 41.4 Å². The highest BCUT2D eigenvalue weighted by Crippen LogP contribution is 2.19. The zero-order valence-corrected chi connectivity index (χ0v) is 15.1. The summed E-state index contributed by atoms with van der Waals surface area (Å²) in [5, 5.41) is 0. The zero-order valence-electron chi connectivity index (χ0n) is 15.1. The van der Waals surface area contributed by atoms with E-state index in [0.29, 0.717) is 11.7 Å². The van der Waals surface area contributed by atoms with Gasteiger partial charge in [0.15, 0.2) is 0 Å². The molecule has 1 aliphatic rings. The largest absolute Gasteiger partial charge is 0.399 e. The van der Waals surface area contributed by atoms with E-state index in [2.05, 4.69) is 36.1 Å². The molecule has 4 heteroatoms. The smallest absolute Gasteiger partial charge is 0.254 e. The summed E-state index contributed by atoms with van der Waals surface area (Å²) in [4.78, 5) is 17.4. The number of aryl methyl sites for hydroxylation is 1. The Labute approximate surface area is 150 Å². The van der Waals surface area contributed by atoms with Gasteiger partial charge >= 0.3 is 0 Å². The zero-order chi connectivity index (χ0) is 17.8. The number of carbonyl (C=O) groups excluding carboxylic acids is 1. The van der Waals surface area contributed by atoms with Crippen LogP contribution in [0.2, 0.25) is 0 Å². The fourth-order valence-corrected chi connectivity index (χ4v) is 3.40. The van der Waals surface area contributed by atoms with Crippen LogP contribution in [0.3, 0.4) is 0 Å². The summed E-state index contributed by atoms with van der Waals surface area (Å²) in [6.45, 7) is 7.59. The van der Waals surface area contributed by atoms with Crippen LogP contribution in [-0.2, 0) is 6.54 Å². The van der Waals surface area contributed by atoms with Crippen LogP contribution >= 0.6 is 0 Å². The standard InChI is InChI=1S/C21H27N3O/c1-16-8-9-19(22)14-20(16)21(25)23-11-10-17(2)24(13-12-23)15-18-6-4-3-5-7-18/h3-9,14,17H,10-13,15,22H2,1-2H3. The van der Waals surface area contributed by atoms with Crippen molar-refractivity contribution >= 4 is 11.6 Å². The third kappa shape index (κ3) is 4.20. The number of amides is 1. The molecule has 1 fully saturated rings. The lowest BCUT2D eigenvalue weighted by Gasteiger charge is -2.26. The van der Waals surface area contributed by atoms with Crippen LogP contribution in [0.5, 0.6) is 0 Å². The summed E-state index contributed by atoms with van der Waals surface area (Å²) in [5.41, 5.74) is 9.55. The molecule has 0 bridgehead atoms. The maximum atomic E-state index is 12.9. The second-order valence-corrected chi connectivity index (χ2v) is 6.96. The highest BCUT2D eigenvalue weighted by Gasteiger charge is 2.25. The van der Waals surface area contributed by atoms with Gasteiger partial charge in [0.25, 0.3) is 5.91 Å². The molecule has 132 valence electrons. The molecule has 1 unspecified atom stereocenters. The third-order valence-electron chi connectivity index (χ3n) is 5.11. The molecule has 1 amide bonds. The summed E-state index contributed by atoms with van der Waals surface area (Å²) in [6, 6.07) is 16.6. The van der Waals surface area contributed by atoms with E-state index in [9.17, 15) is 4.79 Å². The Hall–Kier alpha value is -2.33. The highest BCUT2D eigenvalue weighted by molar-refractivity contribution is 5.96. The number of rotatable bonds is 3. The number of nitrogens with zero attached hydrogens (tertiary/aromatic N) is 2. The summed E-state index contributed by atoms with van der Waals surface area (Å²) >= 11 is 0. The van der Waals surface area contributed by atoms with E-state index in [1.54, 1.807) is 6.07 Å². The Morgan fingerprint density at radius 2 is 1.88 bits per heavy atom. The molecule has 3 rings (SSSR count). The predicted octanol–water partition coefficient (Wildman–Crippen LogP) is 3.31. The van der Waals surface area contributed by atoms with Gasteiger partial charge in [-0.05, 0) is 43.5 Å². The van der Waals surface area contributed by atoms with E-state index < -0.39 is 0 Å². The van der Waals surface area contributed by atoms with Crippen molar-refractivity contribution in [3.05, 3.63) is 65.2 Å². The molecule has 1 atom stereocenters. The van der Waals surface area contributed by atoms with Crippen molar-refractivity contribution in [1.82, 2.24) is 9.80 Å². The first kappa shape index (κ1) is 17.5. The number of nitrogen functional groups attached to an aromatic ring is 1. The van der Waals surface area contributed by atoms with Crippen LogP contribution in [0.1, 0.15) is 34.8 Å².